The molecular weight excluding hydrogens is 1470 g/mol. The fourth-order valence-corrected chi connectivity index (χ4v) is 19.9. The third-order valence-electron chi connectivity index (χ3n) is 25.7. The minimum Gasteiger partial charge on any atom is -0.458 e. The van der Waals surface area contributed by atoms with Crippen molar-refractivity contribution in [3.8, 4) is 89.9 Å². The van der Waals surface area contributed by atoms with Crippen LogP contribution in [0.15, 0.2) is 370 Å². The number of fused-ring (bicyclic) bond motifs is 16. The zero-order valence-electron chi connectivity index (χ0n) is 74.1. The maximum Gasteiger partial charge on any atom is 0.256 e. The average molecular weight is 1560 g/mol. The second-order valence-corrected chi connectivity index (χ2v) is 36.0. The van der Waals surface area contributed by atoms with Crippen LogP contribution in [0.3, 0.4) is 0 Å². The quantitative estimate of drug-likeness (QED) is 0.128. The molecule has 0 aliphatic carbocycles. The molecule has 17 aromatic carbocycles. The summed E-state index contributed by atoms with van der Waals surface area (Å²) in [6.45, 7) is 20.3. The Balaban J connectivity index is 0.825. The maximum atomic E-state index is 9.36. The summed E-state index contributed by atoms with van der Waals surface area (Å²) in [7, 11) is 0. The molecule has 7 heteroatoms. The fourth-order valence-electron chi connectivity index (χ4n) is 19.9. The van der Waals surface area contributed by atoms with E-state index in [2.05, 4.69) is 402 Å². The lowest BCUT2D eigenvalue weighted by molar-refractivity contribution is 0.483. The molecule has 0 radical (unpaired) electrons. The molecule has 0 amide bonds. The van der Waals surface area contributed by atoms with E-state index in [1.54, 1.807) is 0 Å². The van der Waals surface area contributed by atoms with Crippen LogP contribution in [-0.2, 0) is 16.2 Å². The van der Waals surface area contributed by atoms with Gasteiger partial charge in [-0.05, 0) is 227 Å². The van der Waals surface area contributed by atoms with E-state index in [-0.39, 0.29) is 52.8 Å². The lowest BCUT2D eigenvalue weighted by Gasteiger charge is -2.41. The Kier molecular flexibility index (Phi) is 14.9. The molecule has 6 heterocycles. The van der Waals surface area contributed by atoms with E-state index in [4.69, 9.17) is 8.85 Å². The molecule has 578 valence electrons. The van der Waals surface area contributed by atoms with Gasteiger partial charge in [0.15, 0.2) is 0 Å². The molecular formula is C114H88BN5O. The first-order chi connectivity index (χ1) is 61.0. The highest BCUT2D eigenvalue weighted by molar-refractivity contribution is 6.99. The van der Waals surface area contributed by atoms with Crippen LogP contribution < -0.4 is 26.0 Å². The number of benzene rings is 17. The van der Waals surface area contributed by atoms with Crippen LogP contribution in [0.1, 0.15) is 85.9 Å². The predicted molar refractivity (Wildman–Crippen MR) is 513 cm³/mol. The van der Waals surface area contributed by atoms with Gasteiger partial charge in [0.1, 0.15) is 11.5 Å². The zero-order valence-corrected chi connectivity index (χ0v) is 69.1. The van der Waals surface area contributed by atoms with Crippen LogP contribution in [0.4, 0.5) is 17.1 Å². The van der Waals surface area contributed by atoms with Crippen molar-refractivity contribution >= 4 is 127 Å². The van der Waals surface area contributed by atoms with E-state index in [1.807, 2.05) is 22.8 Å². The van der Waals surface area contributed by atoms with E-state index in [0.717, 1.165) is 189 Å². The predicted octanol–water partition coefficient (Wildman–Crippen LogP) is 28.7. The highest BCUT2D eigenvalue weighted by Crippen LogP contribution is 2.52. The van der Waals surface area contributed by atoms with Crippen molar-refractivity contribution in [3.63, 3.8) is 0 Å². The molecule has 6 nitrogen and oxygen atoms in total. The van der Waals surface area contributed by atoms with Crippen molar-refractivity contribution < 1.29 is 11.6 Å². The number of hydrogen-bond donors (Lipinski definition) is 0. The SMILES string of the molecule is [2H]c1c([2H])c([2H])c(-n2c3ccccc3c3cc(-c4cccc(-n5c6ccccc6c6ccccc65)c4-c4ccc5c(c4)B4c6ccc(C(C)(C)C)cc6Oc6cc(-c7c(-c8ccc9c%10cc(C(C)(C)C)ccc%10n(-c%10ccccc%10)c9c8)cccc7-n7c8ccccc8c8ccccc87)cc(c64)N5c4cc(-c5ccccc5)cc(C(C)(C)C)c4)ccc32)c([2H])c1[2H]. The zero-order chi connectivity index (χ0) is 85.8. The number of hydrogen-bond acceptors (Lipinski definition) is 2. The molecule has 0 N–H and O–H groups in total. The smallest absolute Gasteiger partial charge is 0.256 e. The standard InChI is InChI=1S/C114H88BN5O/c1-112(2,3)77-55-60-101-92(69-77)90-56-51-73(65-105(90)117(101)81-35-17-12-18-36-81)84-43-30-50-104(120-98-47-27-21-39-87(98)88-40-22-28-48-99(88)120)110(84)76-66-106-111-108(67-76)121-107-70-78(113(4,5)6)54-57-93(107)115(111)94-64-74(53-59-102(94)118(106)82-62-75(71-31-13-10-14-32-71)61-79(68-82)114(7,8)9)109-83(42-29-49-103(109)119-96-45-25-19-37-85(96)86-38-20-26-46-97(86)119)72-52-58-100-91(63-72)89-41-23-24-44-95(89)116(100)80-33-15-11-16-34-80/h10-70H,1-9H3/i11D,15D,16D,33D,34D. The summed E-state index contributed by atoms with van der Waals surface area (Å²) in [5.74, 6) is 1.57. The maximum absolute atomic E-state index is 9.36. The summed E-state index contributed by atoms with van der Waals surface area (Å²) in [6, 6.07) is 124. The molecule has 23 rings (SSSR count). The normalized spacial score (nSPS) is 13.4. The summed E-state index contributed by atoms with van der Waals surface area (Å²) in [5, 5.41) is 8.79. The third-order valence-corrected chi connectivity index (χ3v) is 25.7. The van der Waals surface area contributed by atoms with Crippen molar-refractivity contribution in [2.24, 2.45) is 0 Å². The van der Waals surface area contributed by atoms with E-state index in [0.29, 0.717) is 0 Å². The summed E-state index contributed by atoms with van der Waals surface area (Å²) >= 11 is 0. The van der Waals surface area contributed by atoms with Gasteiger partial charge in [-0.25, -0.2) is 0 Å². The van der Waals surface area contributed by atoms with Crippen LogP contribution in [0.2, 0.25) is 0 Å². The van der Waals surface area contributed by atoms with Crippen molar-refractivity contribution in [2.75, 3.05) is 4.90 Å². The number of nitrogens with zero attached hydrogens (tertiary/aromatic N) is 5. The number of ether oxygens (including phenoxy) is 1. The minimum absolute atomic E-state index is 0.0729. The molecule has 21 aromatic rings. The highest BCUT2D eigenvalue weighted by atomic mass is 16.5. The molecule has 0 saturated heterocycles. The van der Waals surface area contributed by atoms with Gasteiger partial charge in [0.2, 0.25) is 0 Å². The van der Waals surface area contributed by atoms with Crippen molar-refractivity contribution in [1.29, 1.82) is 0 Å². The van der Waals surface area contributed by atoms with Gasteiger partial charge in [0, 0.05) is 82.7 Å². The van der Waals surface area contributed by atoms with Gasteiger partial charge in [0.25, 0.3) is 6.71 Å². The van der Waals surface area contributed by atoms with E-state index in [1.165, 1.54) is 32.7 Å². The fraction of sp³-hybridized carbons (Fsp3) is 0.105. The molecule has 121 heavy (non-hydrogen) atoms. The van der Waals surface area contributed by atoms with Crippen molar-refractivity contribution in [3.05, 3.63) is 387 Å². The first kappa shape index (κ1) is 66.6. The number of para-hydroxylation sites is 7. The molecule has 0 fully saturated rings. The number of anilines is 3. The van der Waals surface area contributed by atoms with Gasteiger partial charge < -0.3 is 27.9 Å². The van der Waals surface area contributed by atoms with Crippen LogP contribution in [0.5, 0.6) is 11.5 Å². The molecule has 0 unspecified atom stereocenters. The monoisotopic (exact) mass is 1560 g/mol. The van der Waals surface area contributed by atoms with Gasteiger partial charge in [-0.2, -0.15) is 0 Å². The van der Waals surface area contributed by atoms with Crippen molar-refractivity contribution in [2.45, 2.75) is 78.6 Å². The summed E-state index contributed by atoms with van der Waals surface area (Å²) in [5.41, 5.74) is 30.9. The summed E-state index contributed by atoms with van der Waals surface area (Å²) < 4.78 is 62.4. The lowest BCUT2D eigenvalue weighted by Crippen LogP contribution is -2.59. The van der Waals surface area contributed by atoms with Gasteiger partial charge in [0.05, 0.1) is 62.4 Å². The molecule has 4 aromatic heterocycles. The first-order valence-corrected chi connectivity index (χ1v) is 42.2. The van der Waals surface area contributed by atoms with Crippen LogP contribution >= 0.6 is 0 Å². The van der Waals surface area contributed by atoms with Crippen LogP contribution in [0.25, 0.3) is 166 Å². The number of rotatable bonds is 10. The molecule has 0 bridgehead atoms. The molecule has 0 spiro atoms. The average Bonchev–Trinajstić information content (AvgIpc) is 1.11. The van der Waals surface area contributed by atoms with Gasteiger partial charge in [-0.15, -0.1) is 0 Å². The van der Waals surface area contributed by atoms with E-state index >= 15 is 0 Å². The topological polar surface area (TPSA) is 32.2 Å². The Morgan fingerprint density at radius 1 is 0.256 bits per heavy atom. The lowest BCUT2D eigenvalue weighted by atomic mass is 9.34. The van der Waals surface area contributed by atoms with E-state index in [9.17, 15) is 2.74 Å². The molecule has 2 aliphatic heterocycles. The Bertz CT molecular complexity index is 8080. The summed E-state index contributed by atoms with van der Waals surface area (Å²) in [4.78, 5) is 2.56. The van der Waals surface area contributed by atoms with Gasteiger partial charge in [-0.1, -0.05) is 299 Å². The second-order valence-electron chi connectivity index (χ2n) is 36.0. The third kappa shape index (κ3) is 11.4. The second kappa shape index (κ2) is 27.1. The van der Waals surface area contributed by atoms with Crippen LogP contribution in [-0.4, -0.2) is 25.0 Å². The van der Waals surface area contributed by atoms with E-state index < -0.39 is 6.04 Å². The molecule has 2 aliphatic rings. The van der Waals surface area contributed by atoms with Gasteiger partial charge >= 0.3 is 0 Å². The van der Waals surface area contributed by atoms with Gasteiger partial charge in [-0.3, -0.25) is 0 Å². The van der Waals surface area contributed by atoms with Crippen LogP contribution in [0, 0.1) is 0 Å². The Hall–Kier alpha value is -14.4. The largest absolute Gasteiger partial charge is 0.458 e. The van der Waals surface area contributed by atoms with Crippen molar-refractivity contribution in [1.82, 2.24) is 18.3 Å². The minimum atomic E-state index is -0.434. The Morgan fingerprint density at radius 3 is 1.34 bits per heavy atom. The molecule has 0 saturated carbocycles. The first-order valence-electron chi connectivity index (χ1n) is 44.7. The Morgan fingerprint density at radius 2 is 0.736 bits per heavy atom. The number of aromatic nitrogens is 4. The Labute approximate surface area is 712 Å². The highest BCUT2D eigenvalue weighted by Gasteiger charge is 2.44. The summed E-state index contributed by atoms with van der Waals surface area (Å²) in [6.07, 6.45) is 0. The molecule has 0 atom stereocenters.